The molecule has 154 valence electrons. The monoisotopic (exact) mass is 421 g/mol. The van der Waals surface area contributed by atoms with E-state index in [0.717, 1.165) is 24.1 Å². The number of benzene rings is 2. The maximum Gasteiger partial charge on any atom is 0.295 e. The molecule has 0 bridgehead atoms. The second-order valence-corrected chi connectivity index (χ2v) is 8.12. The van der Waals surface area contributed by atoms with Crippen LogP contribution in [-0.4, -0.2) is 39.0 Å². The number of likely N-dealkylation sites (tertiary alicyclic amines) is 1. The number of halogens is 1. The van der Waals surface area contributed by atoms with E-state index in [1.165, 1.54) is 0 Å². The number of para-hydroxylation sites is 1. The summed E-state index contributed by atoms with van der Waals surface area (Å²) in [4.78, 5) is 28.1. The molecule has 1 fully saturated rings. The largest absolute Gasteiger partial charge is 0.332 e. The number of nitrogens with zero attached hydrogens (tertiary/aromatic N) is 3. The van der Waals surface area contributed by atoms with Gasteiger partial charge in [0.2, 0.25) is 0 Å². The van der Waals surface area contributed by atoms with Gasteiger partial charge in [-0.2, -0.15) is 5.10 Å². The summed E-state index contributed by atoms with van der Waals surface area (Å²) in [5.74, 6) is -0.943. The highest BCUT2D eigenvalue weighted by atomic mass is 35.5. The van der Waals surface area contributed by atoms with Crippen LogP contribution in [0.5, 0.6) is 0 Å². The lowest BCUT2D eigenvalue weighted by Gasteiger charge is -2.24. The first kappa shape index (κ1) is 20.4. The maximum atomic E-state index is 13.2. The number of carbonyl (C=O) groups is 2. The van der Waals surface area contributed by atoms with Crippen molar-refractivity contribution in [3.8, 4) is 5.69 Å². The van der Waals surface area contributed by atoms with Crippen LogP contribution in [0.25, 0.3) is 5.69 Å². The Hall–Kier alpha value is -2.92. The molecule has 2 heterocycles. The van der Waals surface area contributed by atoms with E-state index in [-0.39, 0.29) is 6.04 Å². The zero-order valence-corrected chi connectivity index (χ0v) is 17.9. The van der Waals surface area contributed by atoms with Crippen LogP contribution in [0.15, 0.2) is 54.6 Å². The van der Waals surface area contributed by atoms with Crippen LogP contribution in [-0.2, 0) is 11.2 Å². The van der Waals surface area contributed by atoms with Crippen LogP contribution in [0.3, 0.4) is 0 Å². The van der Waals surface area contributed by atoms with Gasteiger partial charge >= 0.3 is 0 Å². The van der Waals surface area contributed by atoms with Gasteiger partial charge in [0, 0.05) is 17.6 Å². The second kappa shape index (κ2) is 8.44. The van der Waals surface area contributed by atoms with Crippen molar-refractivity contribution < 1.29 is 9.59 Å². The number of aryl methyl sites for hydroxylation is 1. The van der Waals surface area contributed by atoms with Crippen LogP contribution >= 0.6 is 11.6 Å². The number of hydrogen-bond donors (Lipinski definition) is 0. The Balaban J connectivity index is 1.58. The summed E-state index contributed by atoms with van der Waals surface area (Å²) in [6.45, 7) is 4.20. The predicted octanol–water partition coefficient (Wildman–Crippen LogP) is 4.56. The molecule has 1 unspecified atom stereocenters. The van der Waals surface area contributed by atoms with Crippen molar-refractivity contribution in [3.63, 3.8) is 0 Å². The summed E-state index contributed by atoms with van der Waals surface area (Å²) in [5.41, 5.74) is 3.51. The summed E-state index contributed by atoms with van der Waals surface area (Å²) in [7, 11) is 0. The third-order valence-electron chi connectivity index (χ3n) is 5.76. The number of rotatable bonds is 5. The predicted molar refractivity (Wildman–Crippen MR) is 117 cm³/mol. The van der Waals surface area contributed by atoms with Gasteiger partial charge in [-0.1, -0.05) is 48.0 Å². The molecule has 1 aliphatic heterocycles. The van der Waals surface area contributed by atoms with Crippen molar-refractivity contribution >= 4 is 23.3 Å². The van der Waals surface area contributed by atoms with Crippen LogP contribution in [0, 0.1) is 13.8 Å². The van der Waals surface area contributed by atoms with Gasteiger partial charge in [-0.25, -0.2) is 4.68 Å². The smallest absolute Gasteiger partial charge is 0.295 e. The number of hydrogen-bond acceptors (Lipinski definition) is 3. The average Bonchev–Trinajstić information content (AvgIpc) is 3.33. The van der Waals surface area contributed by atoms with E-state index < -0.39 is 11.7 Å². The molecule has 2 aromatic carbocycles. The van der Waals surface area contributed by atoms with E-state index in [0.29, 0.717) is 34.9 Å². The number of Topliss-reactive ketones (excluding diaryl/α,β-unsaturated/α-hetero) is 1. The minimum absolute atomic E-state index is 0.0221. The summed E-state index contributed by atoms with van der Waals surface area (Å²) in [5, 5.41) is 5.21. The summed E-state index contributed by atoms with van der Waals surface area (Å²) in [6, 6.07) is 17.3. The molecule has 3 aromatic rings. The van der Waals surface area contributed by atoms with Gasteiger partial charge in [0.1, 0.15) is 0 Å². The van der Waals surface area contributed by atoms with Gasteiger partial charge < -0.3 is 4.90 Å². The van der Waals surface area contributed by atoms with Crippen molar-refractivity contribution in [2.75, 3.05) is 6.54 Å². The number of aromatic nitrogens is 2. The Kier molecular flexibility index (Phi) is 5.73. The van der Waals surface area contributed by atoms with Crippen molar-refractivity contribution in [1.82, 2.24) is 14.7 Å². The van der Waals surface area contributed by atoms with Gasteiger partial charge in [0.05, 0.1) is 22.6 Å². The minimum Gasteiger partial charge on any atom is -0.332 e. The van der Waals surface area contributed by atoms with E-state index in [1.807, 2.05) is 61.5 Å². The SMILES string of the molecule is Cc1nn(-c2ccccc2)c(C)c1C(=O)C(=O)N1CCCC1Cc1ccccc1Cl. The molecular formula is C24H24ClN3O2. The highest BCUT2D eigenvalue weighted by Crippen LogP contribution is 2.26. The first-order valence-electron chi connectivity index (χ1n) is 10.2. The molecule has 1 saturated heterocycles. The first-order chi connectivity index (χ1) is 14.5. The number of amides is 1. The Morgan fingerprint density at radius 3 is 2.50 bits per heavy atom. The highest BCUT2D eigenvalue weighted by Gasteiger charge is 2.35. The molecule has 1 amide bonds. The van der Waals surface area contributed by atoms with Crippen LogP contribution in [0.1, 0.15) is 40.2 Å². The highest BCUT2D eigenvalue weighted by molar-refractivity contribution is 6.43. The fraction of sp³-hybridized carbons (Fsp3) is 0.292. The normalized spacial score (nSPS) is 16.1. The quantitative estimate of drug-likeness (QED) is 0.448. The first-order valence-corrected chi connectivity index (χ1v) is 10.6. The Morgan fingerprint density at radius 2 is 1.77 bits per heavy atom. The minimum atomic E-state index is -0.488. The lowest BCUT2D eigenvalue weighted by Crippen LogP contribution is -2.41. The van der Waals surface area contributed by atoms with Crippen molar-refractivity contribution in [3.05, 3.63) is 82.1 Å². The summed E-state index contributed by atoms with van der Waals surface area (Å²) >= 11 is 6.31. The van der Waals surface area contributed by atoms with E-state index in [1.54, 1.807) is 16.5 Å². The van der Waals surface area contributed by atoms with E-state index >= 15 is 0 Å². The topological polar surface area (TPSA) is 55.2 Å². The molecule has 0 radical (unpaired) electrons. The fourth-order valence-corrected chi connectivity index (χ4v) is 4.48. The Bertz CT molecular complexity index is 1090. The third kappa shape index (κ3) is 3.77. The molecule has 6 heteroatoms. The van der Waals surface area contributed by atoms with Crippen LogP contribution in [0.2, 0.25) is 5.02 Å². The maximum absolute atomic E-state index is 13.2. The van der Waals surface area contributed by atoms with E-state index in [4.69, 9.17) is 11.6 Å². The zero-order valence-electron chi connectivity index (χ0n) is 17.1. The van der Waals surface area contributed by atoms with Gasteiger partial charge in [-0.3, -0.25) is 9.59 Å². The second-order valence-electron chi connectivity index (χ2n) is 7.71. The average molecular weight is 422 g/mol. The zero-order chi connectivity index (χ0) is 21.3. The molecule has 0 saturated carbocycles. The standard InChI is InChI=1S/C24H24ClN3O2/c1-16-22(17(2)28(26-16)19-10-4-3-5-11-19)23(29)24(30)27-14-8-12-20(27)15-18-9-6-7-13-21(18)25/h3-7,9-11,13,20H,8,12,14-15H2,1-2H3. The molecule has 0 spiro atoms. The molecule has 1 atom stereocenters. The van der Waals surface area contributed by atoms with Crippen LogP contribution in [0.4, 0.5) is 0 Å². The van der Waals surface area contributed by atoms with Gasteiger partial charge in [0.15, 0.2) is 0 Å². The Labute approximate surface area is 181 Å². The molecule has 5 nitrogen and oxygen atoms in total. The van der Waals surface area contributed by atoms with Gasteiger partial charge in [-0.05, 0) is 56.9 Å². The third-order valence-corrected chi connectivity index (χ3v) is 6.13. The van der Waals surface area contributed by atoms with E-state index in [2.05, 4.69) is 5.10 Å². The molecule has 1 aromatic heterocycles. The molecular weight excluding hydrogens is 398 g/mol. The molecule has 1 aliphatic rings. The number of carbonyl (C=O) groups excluding carboxylic acids is 2. The lowest BCUT2D eigenvalue weighted by atomic mass is 10.0. The van der Waals surface area contributed by atoms with E-state index in [9.17, 15) is 9.59 Å². The van der Waals surface area contributed by atoms with Crippen LogP contribution < -0.4 is 0 Å². The molecule has 0 aliphatic carbocycles. The van der Waals surface area contributed by atoms with Gasteiger partial charge in [0.25, 0.3) is 11.7 Å². The van der Waals surface area contributed by atoms with Gasteiger partial charge in [-0.15, -0.1) is 0 Å². The Morgan fingerprint density at radius 1 is 1.07 bits per heavy atom. The molecule has 30 heavy (non-hydrogen) atoms. The van der Waals surface area contributed by atoms with Crippen molar-refractivity contribution in [2.24, 2.45) is 0 Å². The molecule has 0 N–H and O–H groups in total. The summed E-state index contributed by atoms with van der Waals surface area (Å²) < 4.78 is 1.72. The van der Waals surface area contributed by atoms with Crippen molar-refractivity contribution in [1.29, 1.82) is 0 Å². The summed E-state index contributed by atoms with van der Waals surface area (Å²) in [6.07, 6.45) is 2.40. The number of ketones is 1. The lowest BCUT2D eigenvalue weighted by molar-refractivity contribution is -0.127. The molecule has 4 rings (SSSR count). The van der Waals surface area contributed by atoms with Crippen molar-refractivity contribution in [2.45, 2.75) is 39.2 Å². The fourth-order valence-electron chi connectivity index (χ4n) is 4.26.